The van der Waals surface area contributed by atoms with Crippen molar-refractivity contribution in [2.75, 3.05) is 0 Å². The molecule has 18 heavy (non-hydrogen) atoms. The molecule has 2 rings (SSSR count). The van der Waals surface area contributed by atoms with E-state index in [-0.39, 0.29) is 5.91 Å². The molecule has 0 radical (unpaired) electrons. The van der Waals surface area contributed by atoms with Crippen molar-refractivity contribution in [3.63, 3.8) is 0 Å². The minimum absolute atomic E-state index is 0.0813. The predicted molar refractivity (Wildman–Crippen MR) is 74.1 cm³/mol. The summed E-state index contributed by atoms with van der Waals surface area (Å²) in [6.07, 6.45) is 2.48. The fourth-order valence-electron chi connectivity index (χ4n) is 1.45. The van der Waals surface area contributed by atoms with E-state index in [1.54, 1.807) is 6.20 Å². The molecule has 1 aromatic heterocycles. The molecule has 0 unspecified atom stereocenters. The van der Waals surface area contributed by atoms with Crippen LogP contribution in [0.25, 0.3) is 0 Å². The second-order valence-electron chi connectivity index (χ2n) is 3.78. The number of rotatable bonds is 4. The van der Waals surface area contributed by atoms with E-state index in [9.17, 15) is 4.79 Å². The van der Waals surface area contributed by atoms with Crippen molar-refractivity contribution in [3.8, 4) is 0 Å². The standard InChI is InChI=1S/C13H13ClN2OS/c1-2-12-15-8-11(18-12)13(17)16-7-9-3-5-10(14)6-4-9/h3-6,8H,2,7H2,1H3,(H,16,17). The monoisotopic (exact) mass is 280 g/mol. The van der Waals surface area contributed by atoms with Gasteiger partial charge in [0.05, 0.1) is 11.2 Å². The number of nitrogens with zero attached hydrogens (tertiary/aromatic N) is 1. The van der Waals surface area contributed by atoms with Crippen LogP contribution in [0.1, 0.15) is 27.2 Å². The molecule has 0 bridgehead atoms. The molecule has 0 atom stereocenters. The normalized spacial score (nSPS) is 10.3. The van der Waals surface area contributed by atoms with Crippen LogP contribution >= 0.6 is 22.9 Å². The maximum absolute atomic E-state index is 11.8. The second kappa shape index (κ2) is 5.98. The molecule has 2 aromatic rings. The van der Waals surface area contributed by atoms with Gasteiger partial charge in [0.1, 0.15) is 4.88 Å². The lowest BCUT2D eigenvalue weighted by Gasteiger charge is -2.03. The molecular formula is C13H13ClN2OS. The number of carbonyl (C=O) groups excluding carboxylic acids is 1. The molecule has 94 valence electrons. The highest BCUT2D eigenvalue weighted by atomic mass is 35.5. The van der Waals surface area contributed by atoms with Gasteiger partial charge in [0.15, 0.2) is 0 Å². The van der Waals surface area contributed by atoms with Gasteiger partial charge < -0.3 is 5.32 Å². The highest BCUT2D eigenvalue weighted by molar-refractivity contribution is 7.13. The quantitative estimate of drug-likeness (QED) is 0.934. The largest absolute Gasteiger partial charge is 0.347 e. The fraction of sp³-hybridized carbons (Fsp3) is 0.231. The number of nitrogens with one attached hydrogen (secondary N) is 1. The van der Waals surface area contributed by atoms with Gasteiger partial charge in [-0.1, -0.05) is 30.7 Å². The fourth-order valence-corrected chi connectivity index (χ4v) is 2.35. The molecule has 1 N–H and O–H groups in total. The van der Waals surface area contributed by atoms with Crippen molar-refractivity contribution < 1.29 is 4.79 Å². The highest BCUT2D eigenvalue weighted by Gasteiger charge is 2.09. The number of aryl methyl sites for hydroxylation is 1. The lowest BCUT2D eigenvalue weighted by Crippen LogP contribution is -2.21. The van der Waals surface area contributed by atoms with Gasteiger partial charge in [-0.2, -0.15) is 0 Å². The first-order valence-electron chi connectivity index (χ1n) is 5.66. The van der Waals surface area contributed by atoms with Crippen LogP contribution in [-0.4, -0.2) is 10.9 Å². The van der Waals surface area contributed by atoms with Crippen LogP contribution in [0.2, 0.25) is 5.02 Å². The number of hydrogen-bond donors (Lipinski definition) is 1. The topological polar surface area (TPSA) is 42.0 Å². The zero-order valence-electron chi connectivity index (χ0n) is 9.94. The highest BCUT2D eigenvalue weighted by Crippen LogP contribution is 2.13. The molecular weight excluding hydrogens is 268 g/mol. The lowest BCUT2D eigenvalue weighted by molar-refractivity contribution is 0.0955. The Morgan fingerprint density at radius 3 is 2.72 bits per heavy atom. The number of carbonyl (C=O) groups is 1. The van der Waals surface area contributed by atoms with Crippen LogP contribution in [0.4, 0.5) is 0 Å². The van der Waals surface area contributed by atoms with Gasteiger partial charge >= 0.3 is 0 Å². The van der Waals surface area contributed by atoms with Crippen molar-refractivity contribution in [1.29, 1.82) is 0 Å². The maximum atomic E-state index is 11.8. The summed E-state index contributed by atoms with van der Waals surface area (Å²) >= 11 is 7.23. The van der Waals surface area contributed by atoms with Crippen molar-refractivity contribution in [2.45, 2.75) is 19.9 Å². The molecule has 0 aliphatic rings. The third-order valence-electron chi connectivity index (χ3n) is 2.45. The van der Waals surface area contributed by atoms with Crippen LogP contribution in [0.15, 0.2) is 30.5 Å². The molecule has 0 fully saturated rings. The first-order chi connectivity index (χ1) is 8.69. The average Bonchev–Trinajstić information content (AvgIpc) is 2.86. The van der Waals surface area contributed by atoms with Gasteiger partial charge in [-0.15, -0.1) is 11.3 Å². The van der Waals surface area contributed by atoms with E-state index in [1.165, 1.54) is 11.3 Å². The summed E-state index contributed by atoms with van der Waals surface area (Å²) in [5, 5.41) is 4.53. The molecule has 1 heterocycles. The van der Waals surface area contributed by atoms with Crippen molar-refractivity contribution in [1.82, 2.24) is 10.3 Å². The SMILES string of the molecule is CCc1ncc(C(=O)NCc2ccc(Cl)cc2)s1. The van der Waals surface area contributed by atoms with Gasteiger partial charge in [-0.05, 0) is 24.1 Å². The Bertz CT molecular complexity index is 536. The van der Waals surface area contributed by atoms with Crippen molar-refractivity contribution >= 4 is 28.8 Å². The van der Waals surface area contributed by atoms with E-state index in [2.05, 4.69) is 10.3 Å². The predicted octanol–water partition coefficient (Wildman–Crippen LogP) is 3.29. The zero-order chi connectivity index (χ0) is 13.0. The first-order valence-corrected chi connectivity index (χ1v) is 6.86. The van der Waals surface area contributed by atoms with E-state index in [0.29, 0.717) is 16.4 Å². The smallest absolute Gasteiger partial charge is 0.263 e. The summed E-state index contributed by atoms with van der Waals surface area (Å²) in [4.78, 5) is 16.7. The van der Waals surface area contributed by atoms with Gasteiger partial charge in [-0.3, -0.25) is 4.79 Å². The van der Waals surface area contributed by atoms with Gasteiger partial charge in [-0.25, -0.2) is 4.98 Å². The second-order valence-corrected chi connectivity index (χ2v) is 5.33. The molecule has 0 saturated carbocycles. The summed E-state index contributed by atoms with van der Waals surface area (Å²) in [6.45, 7) is 2.52. The Morgan fingerprint density at radius 1 is 1.39 bits per heavy atom. The van der Waals surface area contributed by atoms with Gasteiger partial charge in [0.2, 0.25) is 0 Å². The average molecular weight is 281 g/mol. The molecule has 1 amide bonds. The molecule has 0 saturated heterocycles. The molecule has 0 aliphatic heterocycles. The minimum Gasteiger partial charge on any atom is -0.347 e. The van der Waals surface area contributed by atoms with Crippen LogP contribution in [0, 0.1) is 0 Å². The van der Waals surface area contributed by atoms with Crippen molar-refractivity contribution in [3.05, 3.63) is 50.9 Å². The Balaban J connectivity index is 1.93. The Kier molecular flexibility index (Phi) is 4.33. The molecule has 1 aromatic carbocycles. The number of benzene rings is 1. The number of halogens is 1. The number of aromatic nitrogens is 1. The van der Waals surface area contributed by atoms with E-state index < -0.39 is 0 Å². The third-order valence-corrected chi connectivity index (χ3v) is 3.84. The summed E-state index contributed by atoms with van der Waals surface area (Å²) in [7, 11) is 0. The Morgan fingerprint density at radius 2 is 2.11 bits per heavy atom. The van der Waals surface area contributed by atoms with Crippen LogP contribution in [-0.2, 0) is 13.0 Å². The van der Waals surface area contributed by atoms with Gasteiger partial charge in [0, 0.05) is 11.6 Å². The summed E-state index contributed by atoms with van der Waals surface area (Å²) in [6, 6.07) is 7.41. The lowest BCUT2D eigenvalue weighted by atomic mass is 10.2. The summed E-state index contributed by atoms with van der Waals surface area (Å²) in [5.41, 5.74) is 1.02. The van der Waals surface area contributed by atoms with Crippen LogP contribution in [0.3, 0.4) is 0 Å². The van der Waals surface area contributed by atoms with Crippen LogP contribution in [0.5, 0.6) is 0 Å². The van der Waals surface area contributed by atoms with Gasteiger partial charge in [0.25, 0.3) is 5.91 Å². The number of thiazole rings is 1. The summed E-state index contributed by atoms with van der Waals surface area (Å²) < 4.78 is 0. The number of hydrogen-bond acceptors (Lipinski definition) is 3. The van der Waals surface area contributed by atoms with E-state index in [1.807, 2.05) is 31.2 Å². The zero-order valence-corrected chi connectivity index (χ0v) is 11.5. The Labute approximate surface area is 115 Å². The third kappa shape index (κ3) is 3.31. The Hall–Kier alpha value is -1.39. The number of amides is 1. The molecule has 5 heteroatoms. The van der Waals surface area contributed by atoms with Crippen LogP contribution < -0.4 is 5.32 Å². The van der Waals surface area contributed by atoms with E-state index in [0.717, 1.165) is 17.0 Å². The van der Waals surface area contributed by atoms with E-state index in [4.69, 9.17) is 11.6 Å². The minimum atomic E-state index is -0.0813. The first kappa shape index (κ1) is 13.1. The molecule has 0 aliphatic carbocycles. The van der Waals surface area contributed by atoms with E-state index >= 15 is 0 Å². The molecule has 0 spiro atoms. The maximum Gasteiger partial charge on any atom is 0.263 e. The molecule has 3 nitrogen and oxygen atoms in total. The van der Waals surface area contributed by atoms with Crippen molar-refractivity contribution in [2.24, 2.45) is 0 Å². The summed E-state index contributed by atoms with van der Waals surface area (Å²) in [5.74, 6) is -0.0813.